The monoisotopic (exact) mass is 713 g/mol. The van der Waals surface area contributed by atoms with Gasteiger partial charge in [0.1, 0.15) is 11.2 Å². The van der Waals surface area contributed by atoms with Crippen LogP contribution in [0, 0.1) is 0 Å². The summed E-state index contributed by atoms with van der Waals surface area (Å²) in [4.78, 5) is 16.0. The first-order valence-corrected chi connectivity index (χ1v) is 19.0. The molecular weight excluding hydrogens is 683 g/mol. The predicted octanol–water partition coefficient (Wildman–Crippen LogP) is 12.8. The number of aromatic nitrogens is 3. The number of para-hydroxylation sites is 1. The van der Waals surface area contributed by atoms with Gasteiger partial charge in [-0.2, -0.15) is 0 Å². The Morgan fingerprint density at radius 3 is 1.55 bits per heavy atom. The van der Waals surface area contributed by atoms with Gasteiger partial charge in [-0.3, -0.25) is 0 Å². The molecule has 260 valence electrons. The molecule has 10 aromatic rings. The number of rotatable bonds is 4. The van der Waals surface area contributed by atoms with Crippen molar-refractivity contribution in [3.05, 3.63) is 210 Å². The van der Waals surface area contributed by atoms with Crippen LogP contribution in [-0.4, -0.2) is 15.0 Å². The summed E-state index contributed by atoms with van der Waals surface area (Å²) in [6, 6.07) is 66.6. The van der Waals surface area contributed by atoms with Gasteiger partial charge in [0.15, 0.2) is 17.5 Å². The Labute approximate surface area is 323 Å². The van der Waals surface area contributed by atoms with E-state index in [1.54, 1.807) is 0 Å². The van der Waals surface area contributed by atoms with Gasteiger partial charge in [-0.25, -0.2) is 15.0 Å². The molecule has 0 fully saturated rings. The largest absolute Gasteiger partial charge is 0.456 e. The molecule has 0 radical (unpaired) electrons. The van der Waals surface area contributed by atoms with Crippen molar-refractivity contribution in [1.29, 1.82) is 0 Å². The number of hydrogen-bond donors (Lipinski definition) is 0. The minimum atomic E-state index is -0.470. The van der Waals surface area contributed by atoms with Crippen molar-refractivity contribution >= 4 is 21.9 Å². The van der Waals surface area contributed by atoms with E-state index >= 15 is 0 Å². The highest BCUT2D eigenvalue weighted by Crippen LogP contribution is 2.63. The van der Waals surface area contributed by atoms with Crippen molar-refractivity contribution in [3.63, 3.8) is 0 Å². The average Bonchev–Trinajstić information content (AvgIpc) is 3.91. The zero-order valence-electron chi connectivity index (χ0n) is 30.1. The highest BCUT2D eigenvalue weighted by atomic mass is 16.3. The maximum Gasteiger partial charge on any atom is 0.164 e. The molecular formula is C52H31N3O. The average molecular weight is 714 g/mol. The quantitative estimate of drug-likeness (QED) is 0.182. The van der Waals surface area contributed by atoms with E-state index < -0.39 is 5.41 Å². The van der Waals surface area contributed by atoms with Gasteiger partial charge in [0, 0.05) is 27.5 Å². The van der Waals surface area contributed by atoms with E-state index in [4.69, 9.17) is 19.4 Å². The molecule has 2 aromatic heterocycles. The molecule has 12 rings (SSSR count). The fraction of sp³-hybridized carbons (Fsp3) is 0.0192. The number of furan rings is 1. The smallest absolute Gasteiger partial charge is 0.164 e. The van der Waals surface area contributed by atoms with E-state index in [2.05, 4.69) is 152 Å². The minimum absolute atomic E-state index is 0.470. The van der Waals surface area contributed by atoms with E-state index in [0.717, 1.165) is 55.3 Å². The Kier molecular flexibility index (Phi) is 6.52. The van der Waals surface area contributed by atoms with Gasteiger partial charge in [0.2, 0.25) is 0 Å². The molecule has 0 bridgehead atoms. The van der Waals surface area contributed by atoms with E-state index in [9.17, 15) is 0 Å². The van der Waals surface area contributed by atoms with E-state index in [1.165, 1.54) is 38.9 Å². The van der Waals surface area contributed by atoms with Gasteiger partial charge >= 0.3 is 0 Å². The van der Waals surface area contributed by atoms with Gasteiger partial charge in [0.25, 0.3) is 0 Å². The zero-order valence-corrected chi connectivity index (χ0v) is 30.1. The van der Waals surface area contributed by atoms with Gasteiger partial charge in [0.05, 0.1) is 5.41 Å². The fourth-order valence-corrected chi connectivity index (χ4v) is 9.48. The first-order valence-electron chi connectivity index (χ1n) is 19.0. The molecule has 0 N–H and O–H groups in total. The molecule has 0 atom stereocenters. The standard InChI is InChI=1S/C52H31N3O/c1-2-14-32(15-3-1)33-28-30-34(31-29-33)49-53-50(55-51(54-49)40-21-13-27-46-48(40)38-19-7-11-26-45(38)56-46)39-20-12-25-44-47(39)37-18-6-10-24-43(37)52(44)41-22-8-4-16-35(41)36-17-5-9-23-42(36)52/h1-31H. The van der Waals surface area contributed by atoms with Gasteiger partial charge in [-0.1, -0.05) is 176 Å². The third-order valence-electron chi connectivity index (χ3n) is 11.8. The molecule has 2 heterocycles. The van der Waals surface area contributed by atoms with E-state index in [0.29, 0.717) is 17.5 Å². The molecule has 4 nitrogen and oxygen atoms in total. The lowest BCUT2D eigenvalue weighted by Crippen LogP contribution is -2.25. The third kappa shape index (κ3) is 4.27. The van der Waals surface area contributed by atoms with Crippen molar-refractivity contribution in [2.24, 2.45) is 0 Å². The molecule has 56 heavy (non-hydrogen) atoms. The van der Waals surface area contributed by atoms with Crippen LogP contribution in [0.4, 0.5) is 0 Å². The summed E-state index contributed by atoms with van der Waals surface area (Å²) < 4.78 is 6.34. The lowest BCUT2D eigenvalue weighted by Gasteiger charge is -2.30. The number of hydrogen-bond acceptors (Lipinski definition) is 4. The van der Waals surface area contributed by atoms with E-state index in [-0.39, 0.29) is 0 Å². The normalized spacial score (nSPS) is 13.1. The number of benzene rings is 8. The second-order valence-electron chi connectivity index (χ2n) is 14.6. The molecule has 4 heteroatoms. The fourth-order valence-electron chi connectivity index (χ4n) is 9.48. The summed E-state index contributed by atoms with van der Waals surface area (Å²) in [7, 11) is 0. The number of fused-ring (bicyclic) bond motifs is 13. The molecule has 1 spiro atoms. The molecule has 2 aliphatic carbocycles. The first-order chi connectivity index (χ1) is 27.8. The molecule has 8 aromatic carbocycles. The second-order valence-corrected chi connectivity index (χ2v) is 14.6. The van der Waals surface area contributed by atoms with Crippen LogP contribution in [0.25, 0.3) is 89.5 Å². The Morgan fingerprint density at radius 2 is 0.804 bits per heavy atom. The van der Waals surface area contributed by atoms with Crippen LogP contribution in [0.1, 0.15) is 22.3 Å². The third-order valence-corrected chi connectivity index (χ3v) is 11.8. The summed E-state index contributed by atoms with van der Waals surface area (Å²) >= 11 is 0. The van der Waals surface area contributed by atoms with Gasteiger partial charge in [-0.05, 0) is 67.8 Å². The minimum Gasteiger partial charge on any atom is -0.456 e. The Hall–Kier alpha value is -7.43. The summed E-state index contributed by atoms with van der Waals surface area (Å²) in [6.45, 7) is 0. The van der Waals surface area contributed by atoms with Crippen LogP contribution in [0.2, 0.25) is 0 Å². The molecule has 0 unspecified atom stereocenters. The Balaban J connectivity index is 1.13. The van der Waals surface area contributed by atoms with Crippen LogP contribution in [-0.2, 0) is 5.41 Å². The van der Waals surface area contributed by atoms with Crippen LogP contribution in [0.3, 0.4) is 0 Å². The first kappa shape index (κ1) is 31.0. The van der Waals surface area contributed by atoms with Crippen molar-refractivity contribution < 1.29 is 4.42 Å². The van der Waals surface area contributed by atoms with Gasteiger partial charge in [-0.15, -0.1) is 0 Å². The summed E-state index contributed by atoms with van der Waals surface area (Å²) in [5.74, 6) is 1.85. The summed E-state index contributed by atoms with van der Waals surface area (Å²) in [5, 5.41) is 2.02. The van der Waals surface area contributed by atoms with Crippen molar-refractivity contribution in [1.82, 2.24) is 15.0 Å². The molecule has 0 saturated heterocycles. The SMILES string of the molecule is c1ccc(-c2ccc(-c3nc(-c4cccc5c4-c4ccccc4C54c5ccccc5-c5ccccc54)nc(-c4cccc5oc6ccccc6c45)n3)cc2)cc1. The maximum absolute atomic E-state index is 6.34. The maximum atomic E-state index is 6.34. The topological polar surface area (TPSA) is 51.8 Å². The molecule has 0 amide bonds. The molecule has 2 aliphatic rings. The van der Waals surface area contributed by atoms with Crippen LogP contribution in [0.5, 0.6) is 0 Å². The van der Waals surface area contributed by atoms with Gasteiger partial charge < -0.3 is 4.42 Å². The second kappa shape index (κ2) is 11.8. The van der Waals surface area contributed by atoms with Crippen molar-refractivity contribution in [2.75, 3.05) is 0 Å². The molecule has 0 saturated carbocycles. The zero-order chi connectivity index (χ0) is 36.8. The van der Waals surface area contributed by atoms with Crippen LogP contribution in [0.15, 0.2) is 192 Å². The van der Waals surface area contributed by atoms with Crippen LogP contribution < -0.4 is 0 Å². The summed E-state index contributed by atoms with van der Waals surface area (Å²) in [5.41, 5.74) is 16.3. The Morgan fingerprint density at radius 1 is 0.321 bits per heavy atom. The lowest BCUT2D eigenvalue weighted by molar-refractivity contribution is 0.669. The summed E-state index contributed by atoms with van der Waals surface area (Å²) in [6.07, 6.45) is 0. The highest BCUT2D eigenvalue weighted by molar-refractivity contribution is 6.12. The molecule has 0 aliphatic heterocycles. The lowest BCUT2D eigenvalue weighted by atomic mass is 9.70. The van der Waals surface area contributed by atoms with E-state index in [1.807, 2.05) is 36.4 Å². The predicted molar refractivity (Wildman–Crippen MR) is 225 cm³/mol. The Bertz CT molecular complexity index is 3150. The van der Waals surface area contributed by atoms with Crippen LogP contribution >= 0.6 is 0 Å². The number of nitrogens with zero attached hydrogens (tertiary/aromatic N) is 3. The van der Waals surface area contributed by atoms with Crippen molar-refractivity contribution in [2.45, 2.75) is 5.41 Å². The van der Waals surface area contributed by atoms with Crippen molar-refractivity contribution in [3.8, 4) is 67.5 Å². The highest BCUT2D eigenvalue weighted by Gasteiger charge is 2.52.